The first kappa shape index (κ1) is 16.4. The quantitative estimate of drug-likeness (QED) is 0.822. The van der Waals surface area contributed by atoms with Gasteiger partial charge in [0, 0.05) is 25.6 Å². The molecular weight excluding hydrogens is 306 g/mol. The zero-order valence-corrected chi connectivity index (χ0v) is 13.2. The smallest absolute Gasteiger partial charge is 0.257 e. The molecule has 0 aliphatic carbocycles. The van der Waals surface area contributed by atoms with Crippen LogP contribution in [0.5, 0.6) is 5.75 Å². The fourth-order valence-electron chi connectivity index (χ4n) is 2.78. The average molecular weight is 326 g/mol. The number of hydrogen-bond acceptors (Lipinski definition) is 4. The second kappa shape index (κ2) is 6.87. The summed E-state index contributed by atoms with van der Waals surface area (Å²) in [6, 6.07) is 3.07. The van der Waals surface area contributed by atoms with Crippen LogP contribution in [0.25, 0.3) is 0 Å². The molecule has 0 saturated carbocycles. The fourth-order valence-corrected chi connectivity index (χ4v) is 2.94. The van der Waals surface area contributed by atoms with Gasteiger partial charge in [0.2, 0.25) is 5.91 Å². The predicted octanol–water partition coefficient (Wildman–Crippen LogP) is 1.66. The summed E-state index contributed by atoms with van der Waals surface area (Å²) in [5.41, 5.74) is 11.7. The lowest BCUT2D eigenvalue weighted by Gasteiger charge is -2.32. The van der Waals surface area contributed by atoms with Crippen molar-refractivity contribution in [1.29, 1.82) is 0 Å². The highest BCUT2D eigenvalue weighted by Gasteiger charge is 2.27. The largest absolute Gasteiger partial charge is 0.496 e. The maximum atomic E-state index is 12.7. The SMILES string of the molecule is COc1cc(N)c(Cl)cc1C(=O)N1CCCC(CC(N)=O)C1. The minimum absolute atomic E-state index is 0.102. The Hall–Kier alpha value is -1.95. The molecule has 2 amide bonds. The van der Waals surface area contributed by atoms with Crippen LogP contribution < -0.4 is 16.2 Å². The van der Waals surface area contributed by atoms with Gasteiger partial charge in [-0.15, -0.1) is 0 Å². The van der Waals surface area contributed by atoms with E-state index in [0.29, 0.717) is 41.5 Å². The molecule has 1 saturated heterocycles. The van der Waals surface area contributed by atoms with E-state index < -0.39 is 0 Å². The number of primary amides is 1. The summed E-state index contributed by atoms with van der Waals surface area (Å²) in [5.74, 6) is -0.0188. The maximum Gasteiger partial charge on any atom is 0.257 e. The molecule has 2 rings (SSSR count). The second-order valence-electron chi connectivity index (χ2n) is 5.50. The number of piperidine rings is 1. The number of nitrogen functional groups attached to an aromatic ring is 1. The maximum absolute atomic E-state index is 12.7. The summed E-state index contributed by atoms with van der Waals surface area (Å²) in [4.78, 5) is 25.5. The van der Waals surface area contributed by atoms with E-state index in [1.807, 2.05) is 0 Å². The third-order valence-corrected chi connectivity index (χ3v) is 4.17. The first-order chi connectivity index (χ1) is 10.4. The lowest BCUT2D eigenvalue weighted by molar-refractivity contribution is -0.119. The molecule has 7 heteroatoms. The predicted molar refractivity (Wildman–Crippen MR) is 84.9 cm³/mol. The number of hydrogen-bond donors (Lipinski definition) is 2. The van der Waals surface area contributed by atoms with Gasteiger partial charge in [-0.3, -0.25) is 9.59 Å². The fraction of sp³-hybridized carbons (Fsp3) is 0.467. The molecule has 1 heterocycles. The van der Waals surface area contributed by atoms with Crippen molar-refractivity contribution in [2.75, 3.05) is 25.9 Å². The van der Waals surface area contributed by atoms with Crippen LogP contribution in [-0.4, -0.2) is 36.9 Å². The van der Waals surface area contributed by atoms with E-state index >= 15 is 0 Å². The third kappa shape index (κ3) is 3.62. The van der Waals surface area contributed by atoms with Crippen molar-refractivity contribution in [2.24, 2.45) is 11.7 Å². The van der Waals surface area contributed by atoms with E-state index in [0.717, 1.165) is 12.8 Å². The van der Waals surface area contributed by atoms with Crippen LogP contribution in [-0.2, 0) is 4.79 Å². The standard InChI is InChI=1S/C15H20ClN3O3/c1-22-13-7-12(17)11(16)6-10(13)15(21)19-4-2-3-9(8-19)5-14(18)20/h6-7,9H,2-5,8,17H2,1H3,(H2,18,20). The molecule has 22 heavy (non-hydrogen) atoms. The molecule has 120 valence electrons. The lowest BCUT2D eigenvalue weighted by Crippen LogP contribution is -2.41. The van der Waals surface area contributed by atoms with Crippen molar-refractivity contribution in [3.63, 3.8) is 0 Å². The summed E-state index contributed by atoms with van der Waals surface area (Å²) in [7, 11) is 1.48. The number of ether oxygens (including phenoxy) is 1. The minimum Gasteiger partial charge on any atom is -0.496 e. The Bertz CT molecular complexity index is 592. The van der Waals surface area contributed by atoms with Crippen LogP contribution in [0.3, 0.4) is 0 Å². The number of carbonyl (C=O) groups is 2. The number of anilines is 1. The summed E-state index contributed by atoms with van der Waals surface area (Å²) < 4.78 is 5.22. The summed E-state index contributed by atoms with van der Waals surface area (Å²) >= 11 is 6.01. The van der Waals surface area contributed by atoms with Gasteiger partial charge in [0.1, 0.15) is 5.75 Å². The molecule has 4 N–H and O–H groups in total. The molecule has 1 aromatic carbocycles. The average Bonchev–Trinajstić information content (AvgIpc) is 2.48. The van der Waals surface area contributed by atoms with Crippen molar-refractivity contribution in [1.82, 2.24) is 4.90 Å². The zero-order valence-electron chi connectivity index (χ0n) is 12.5. The van der Waals surface area contributed by atoms with Gasteiger partial charge >= 0.3 is 0 Å². The number of nitrogens with two attached hydrogens (primary N) is 2. The topological polar surface area (TPSA) is 98.7 Å². The number of carbonyl (C=O) groups excluding carboxylic acids is 2. The van der Waals surface area contributed by atoms with E-state index in [1.165, 1.54) is 13.2 Å². The molecule has 0 bridgehead atoms. The number of halogens is 1. The summed E-state index contributed by atoms with van der Waals surface area (Å²) in [6.07, 6.45) is 2.03. The molecule has 1 aromatic rings. The Balaban J connectivity index is 2.20. The number of nitrogens with zero attached hydrogens (tertiary/aromatic N) is 1. The first-order valence-corrected chi connectivity index (χ1v) is 7.50. The van der Waals surface area contributed by atoms with Crippen molar-refractivity contribution in [3.8, 4) is 5.75 Å². The molecule has 1 unspecified atom stereocenters. The molecule has 0 aromatic heterocycles. The molecule has 6 nitrogen and oxygen atoms in total. The number of likely N-dealkylation sites (tertiary alicyclic amines) is 1. The Morgan fingerprint density at radius 1 is 1.45 bits per heavy atom. The molecule has 1 atom stereocenters. The number of amides is 2. The Morgan fingerprint density at radius 3 is 2.82 bits per heavy atom. The van der Waals surface area contributed by atoms with E-state index in [1.54, 1.807) is 11.0 Å². The molecular formula is C15H20ClN3O3. The Morgan fingerprint density at radius 2 is 2.18 bits per heavy atom. The van der Waals surface area contributed by atoms with Crippen molar-refractivity contribution in [2.45, 2.75) is 19.3 Å². The van der Waals surface area contributed by atoms with Gasteiger partial charge in [-0.05, 0) is 24.8 Å². The van der Waals surface area contributed by atoms with Gasteiger partial charge in [-0.25, -0.2) is 0 Å². The number of rotatable bonds is 4. The van der Waals surface area contributed by atoms with Gasteiger partial charge in [-0.2, -0.15) is 0 Å². The summed E-state index contributed by atoms with van der Waals surface area (Å²) in [6.45, 7) is 1.15. The molecule has 1 aliphatic rings. The molecule has 1 fully saturated rings. The van der Waals surface area contributed by atoms with Crippen LogP contribution in [0.15, 0.2) is 12.1 Å². The first-order valence-electron chi connectivity index (χ1n) is 7.13. The highest BCUT2D eigenvalue weighted by Crippen LogP contribution is 2.31. The lowest BCUT2D eigenvalue weighted by atomic mass is 9.94. The minimum atomic E-state index is -0.340. The zero-order chi connectivity index (χ0) is 16.3. The van der Waals surface area contributed by atoms with Crippen LogP contribution in [0.2, 0.25) is 5.02 Å². The molecule has 0 spiro atoms. The highest BCUT2D eigenvalue weighted by atomic mass is 35.5. The molecule has 1 aliphatic heterocycles. The van der Waals surface area contributed by atoms with Crippen molar-refractivity contribution in [3.05, 3.63) is 22.7 Å². The molecule has 0 radical (unpaired) electrons. The van der Waals surface area contributed by atoms with Crippen molar-refractivity contribution >= 4 is 29.1 Å². The summed E-state index contributed by atoms with van der Waals surface area (Å²) in [5, 5.41) is 0.315. The number of benzene rings is 1. The van der Waals surface area contributed by atoms with E-state index in [-0.39, 0.29) is 17.7 Å². The van der Waals surface area contributed by atoms with E-state index in [9.17, 15) is 9.59 Å². The van der Waals surface area contributed by atoms with Gasteiger partial charge in [0.15, 0.2) is 0 Å². The Kier molecular flexibility index (Phi) is 5.13. The van der Waals surface area contributed by atoms with Gasteiger partial charge in [0.25, 0.3) is 5.91 Å². The van der Waals surface area contributed by atoms with E-state index in [4.69, 9.17) is 27.8 Å². The van der Waals surface area contributed by atoms with E-state index in [2.05, 4.69) is 0 Å². The highest BCUT2D eigenvalue weighted by molar-refractivity contribution is 6.33. The van der Waals surface area contributed by atoms with Gasteiger partial charge in [0.05, 0.1) is 23.4 Å². The normalized spacial score (nSPS) is 18.1. The van der Waals surface area contributed by atoms with Crippen LogP contribution >= 0.6 is 11.6 Å². The van der Waals surface area contributed by atoms with Gasteiger partial charge in [-0.1, -0.05) is 11.6 Å². The van der Waals surface area contributed by atoms with Crippen LogP contribution in [0, 0.1) is 5.92 Å². The van der Waals surface area contributed by atoms with Crippen molar-refractivity contribution < 1.29 is 14.3 Å². The van der Waals surface area contributed by atoms with Crippen LogP contribution in [0.4, 0.5) is 5.69 Å². The monoisotopic (exact) mass is 325 g/mol. The third-order valence-electron chi connectivity index (χ3n) is 3.85. The number of methoxy groups -OCH3 is 1. The van der Waals surface area contributed by atoms with Crippen LogP contribution in [0.1, 0.15) is 29.6 Å². The Labute approximate surface area is 134 Å². The van der Waals surface area contributed by atoms with Gasteiger partial charge < -0.3 is 21.1 Å². The second-order valence-corrected chi connectivity index (χ2v) is 5.91.